The number of carboxylic acids is 1. The third-order valence-corrected chi connectivity index (χ3v) is 3.88. The average Bonchev–Trinajstić information content (AvgIpc) is 2.47. The smallest absolute Gasteiger partial charge is 0.364 e. The van der Waals surface area contributed by atoms with E-state index >= 15 is 0 Å². The molecule has 0 aromatic carbocycles. The molecule has 3 N–H and O–H groups in total. The summed E-state index contributed by atoms with van der Waals surface area (Å²) in [5.41, 5.74) is 0. The lowest BCUT2D eigenvalue weighted by atomic mass is 10.1. The summed E-state index contributed by atoms with van der Waals surface area (Å²) in [6.07, 6.45) is 18.0. The van der Waals surface area contributed by atoms with Crippen LogP contribution < -0.4 is 0 Å². The number of carboxylic acid groups (broad SMARTS) is 1. The van der Waals surface area contributed by atoms with Crippen LogP contribution in [0.15, 0.2) is 12.2 Å². The zero-order valence-electron chi connectivity index (χ0n) is 14.1. The predicted molar refractivity (Wildman–Crippen MR) is 89.6 cm³/mol. The average molecular weight is 314 g/mol. The number of allylic oxidation sites excluding steroid dienone is 2. The second kappa shape index (κ2) is 13.8. The van der Waals surface area contributed by atoms with Crippen molar-refractivity contribution in [3.8, 4) is 0 Å². The third kappa shape index (κ3) is 12.8. The van der Waals surface area contributed by atoms with Gasteiger partial charge in [0.1, 0.15) is 0 Å². The lowest BCUT2D eigenvalue weighted by Crippen LogP contribution is -2.37. The maximum absolute atomic E-state index is 10.5. The Kier molecular flexibility index (Phi) is 13.2. The van der Waals surface area contributed by atoms with Crippen molar-refractivity contribution >= 4 is 5.97 Å². The highest BCUT2D eigenvalue weighted by Gasteiger charge is 2.31. The Hall–Kier alpha value is -0.870. The Labute approximate surface area is 135 Å². The highest BCUT2D eigenvalue weighted by atomic mass is 16.5. The molecule has 0 saturated heterocycles. The quantitative estimate of drug-likeness (QED) is 0.238. The fourth-order valence-corrected chi connectivity index (χ4v) is 2.37. The van der Waals surface area contributed by atoms with E-state index in [1.165, 1.54) is 44.9 Å². The Morgan fingerprint density at radius 1 is 0.818 bits per heavy atom. The number of unbranched alkanes of at least 4 members (excludes halogenated alkanes) is 10. The van der Waals surface area contributed by atoms with Crippen LogP contribution in [0.2, 0.25) is 0 Å². The maximum Gasteiger partial charge on any atom is 0.364 e. The first-order valence-electron chi connectivity index (χ1n) is 8.84. The topological polar surface area (TPSA) is 77.8 Å². The van der Waals surface area contributed by atoms with E-state index in [0.29, 0.717) is 6.42 Å². The van der Waals surface area contributed by atoms with Gasteiger partial charge in [-0.1, -0.05) is 64.0 Å². The number of carbonyl (C=O) groups is 1. The van der Waals surface area contributed by atoms with Crippen molar-refractivity contribution in [1.82, 2.24) is 0 Å². The summed E-state index contributed by atoms with van der Waals surface area (Å²) in [6.45, 7) is 2.24. The molecule has 130 valence electrons. The van der Waals surface area contributed by atoms with Crippen molar-refractivity contribution in [3.05, 3.63) is 12.2 Å². The number of hydrogen-bond donors (Lipinski definition) is 3. The second-order valence-electron chi connectivity index (χ2n) is 6.10. The van der Waals surface area contributed by atoms with Gasteiger partial charge in [0.15, 0.2) is 0 Å². The summed E-state index contributed by atoms with van der Waals surface area (Å²) >= 11 is 0. The molecule has 0 aliphatic heterocycles. The van der Waals surface area contributed by atoms with Gasteiger partial charge in [0.25, 0.3) is 5.79 Å². The van der Waals surface area contributed by atoms with Crippen LogP contribution in [0.4, 0.5) is 0 Å². The summed E-state index contributed by atoms with van der Waals surface area (Å²) in [6, 6.07) is 0. The fourth-order valence-electron chi connectivity index (χ4n) is 2.37. The Morgan fingerprint density at radius 3 is 1.77 bits per heavy atom. The van der Waals surface area contributed by atoms with Crippen molar-refractivity contribution in [2.24, 2.45) is 0 Å². The minimum Gasteiger partial charge on any atom is -0.477 e. The van der Waals surface area contributed by atoms with Gasteiger partial charge in [0.05, 0.1) is 0 Å². The summed E-state index contributed by atoms with van der Waals surface area (Å²) in [4.78, 5) is 10.5. The molecule has 0 fully saturated rings. The van der Waals surface area contributed by atoms with Gasteiger partial charge in [-0.3, -0.25) is 0 Å². The molecule has 0 atom stereocenters. The van der Waals surface area contributed by atoms with Crippen molar-refractivity contribution in [3.63, 3.8) is 0 Å². The monoisotopic (exact) mass is 314 g/mol. The Morgan fingerprint density at radius 2 is 1.27 bits per heavy atom. The molecular formula is C18H34O4. The molecule has 0 rings (SSSR count). The summed E-state index contributed by atoms with van der Waals surface area (Å²) in [5.74, 6) is -4.12. The van der Waals surface area contributed by atoms with E-state index in [2.05, 4.69) is 19.1 Å². The predicted octanol–water partition coefficient (Wildman–Crippen LogP) is 4.40. The highest BCUT2D eigenvalue weighted by molar-refractivity contribution is 5.74. The zero-order chi connectivity index (χ0) is 16.7. The van der Waals surface area contributed by atoms with Gasteiger partial charge in [-0.2, -0.15) is 0 Å². The first-order chi connectivity index (χ1) is 10.5. The van der Waals surface area contributed by atoms with Crippen LogP contribution in [0.3, 0.4) is 0 Å². The maximum atomic E-state index is 10.5. The van der Waals surface area contributed by atoms with Crippen LogP contribution >= 0.6 is 0 Å². The number of rotatable bonds is 15. The molecule has 22 heavy (non-hydrogen) atoms. The minimum atomic E-state index is -2.56. The van der Waals surface area contributed by atoms with Crippen molar-refractivity contribution in [2.75, 3.05) is 0 Å². The van der Waals surface area contributed by atoms with E-state index in [-0.39, 0.29) is 6.42 Å². The lowest BCUT2D eigenvalue weighted by molar-refractivity contribution is -0.205. The van der Waals surface area contributed by atoms with Crippen molar-refractivity contribution in [1.29, 1.82) is 0 Å². The van der Waals surface area contributed by atoms with E-state index in [4.69, 9.17) is 15.3 Å². The van der Waals surface area contributed by atoms with Crippen molar-refractivity contribution < 1.29 is 20.1 Å². The van der Waals surface area contributed by atoms with Gasteiger partial charge >= 0.3 is 5.97 Å². The number of aliphatic hydroxyl groups is 2. The highest BCUT2D eigenvalue weighted by Crippen LogP contribution is 2.14. The van der Waals surface area contributed by atoms with Gasteiger partial charge < -0.3 is 15.3 Å². The first kappa shape index (κ1) is 21.1. The molecule has 0 amide bonds. The molecule has 0 radical (unpaired) electrons. The van der Waals surface area contributed by atoms with Crippen LogP contribution in [0.25, 0.3) is 0 Å². The molecular weight excluding hydrogens is 280 g/mol. The minimum absolute atomic E-state index is 0.101. The van der Waals surface area contributed by atoms with Gasteiger partial charge in [-0.25, -0.2) is 4.79 Å². The normalized spacial score (nSPS) is 12.1. The first-order valence-corrected chi connectivity index (χ1v) is 8.84. The molecule has 0 bridgehead atoms. The molecule has 4 nitrogen and oxygen atoms in total. The van der Waals surface area contributed by atoms with E-state index in [1.54, 1.807) is 0 Å². The Bertz CT molecular complexity index is 297. The van der Waals surface area contributed by atoms with Gasteiger partial charge in [0.2, 0.25) is 0 Å². The molecule has 0 heterocycles. The van der Waals surface area contributed by atoms with Crippen molar-refractivity contribution in [2.45, 2.75) is 96.2 Å². The van der Waals surface area contributed by atoms with E-state index in [0.717, 1.165) is 25.7 Å². The van der Waals surface area contributed by atoms with Gasteiger partial charge in [-0.05, 0) is 32.1 Å². The van der Waals surface area contributed by atoms with Gasteiger partial charge in [0, 0.05) is 6.42 Å². The standard InChI is InChI=1S/C18H34O4/c1-2-3-4-5-6-7-8-9-10-11-12-13-14-15-16-18(21,22)17(19)20/h9-10,21-22H,2-8,11-16H2,1H3,(H,19,20)/b10-9-. The van der Waals surface area contributed by atoms with Crippen LogP contribution in [0.1, 0.15) is 90.4 Å². The van der Waals surface area contributed by atoms with E-state index in [1.807, 2.05) is 0 Å². The molecule has 0 unspecified atom stereocenters. The molecule has 4 heteroatoms. The summed E-state index contributed by atoms with van der Waals surface area (Å²) in [7, 11) is 0. The largest absolute Gasteiger partial charge is 0.477 e. The summed E-state index contributed by atoms with van der Waals surface area (Å²) < 4.78 is 0. The lowest BCUT2D eigenvalue weighted by Gasteiger charge is -2.15. The number of hydrogen-bond acceptors (Lipinski definition) is 3. The molecule has 0 aromatic heterocycles. The molecule has 0 spiro atoms. The molecule has 0 aliphatic carbocycles. The SMILES string of the molecule is CCCCCCCC/C=C\CCCCCCC(O)(O)C(=O)O. The van der Waals surface area contributed by atoms with Gasteiger partial charge in [-0.15, -0.1) is 0 Å². The second-order valence-corrected chi connectivity index (χ2v) is 6.10. The van der Waals surface area contributed by atoms with Crippen LogP contribution in [0.5, 0.6) is 0 Å². The van der Waals surface area contributed by atoms with Crippen LogP contribution in [0, 0.1) is 0 Å². The molecule has 0 saturated carbocycles. The van der Waals surface area contributed by atoms with Crippen LogP contribution in [-0.4, -0.2) is 27.1 Å². The van der Waals surface area contributed by atoms with E-state index in [9.17, 15) is 4.79 Å². The molecule has 0 aromatic rings. The summed E-state index contributed by atoms with van der Waals surface area (Å²) in [5, 5.41) is 26.8. The Balaban J connectivity index is 3.29. The zero-order valence-corrected chi connectivity index (χ0v) is 14.1. The fraction of sp³-hybridized carbons (Fsp3) is 0.833. The number of aliphatic carboxylic acids is 1. The van der Waals surface area contributed by atoms with E-state index < -0.39 is 11.8 Å². The third-order valence-electron chi connectivity index (χ3n) is 3.88. The van der Waals surface area contributed by atoms with Crippen LogP contribution in [-0.2, 0) is 4.79 Å². The molecule has 0 aliphatic rings.